The van der Waals surface area contributed by atoms with Gasteiger partial charge in [0.05, 0.1) is 13.2 Å². The van der Waals surface area contributed by atoms with Crippen LogP contribution in [-0.4, -0.2) is 61.0 Å². The first-order chi connectivity index (χ1) is 12.8. The van der Waals surface area contributed by atoms with E-state index in [4.69, 9.17) is 9.47 Å². The third kappa shape index (κ3) is 5.74. The van der Waals surface area contributed by atoms with E-state index in [0.29, 0.717) is 37.7 Å². The highest BCUT2D eigenvalue weighted by molar-refractivity contribution is 5.92. The Labute approximate surface area is 161 Å². The van der Waals surface area contributed by atoms with E-state index in [1.165, 1.54) is 0 Å². The lowest BCUT2D eigenvalue weighted by Gasteiger charge is -2.35. The fourth-order valence-corrected chi connectivity index (χ4v) is 2.92. The van der Waals surface area contributed by atoms with Crippen molar-refractivity contribution in [3.8, 4) is 11.5 Å². The lowest BCUT2D eigenvalue weighted by Crippen LogP contribution is -2.51. The normalized spacial score (nSPS) is 14.9. The van der Waals surface area contributed by atoms with E-state index in [1.807, 2.05) is 50.8 Å². The van der Waals surface area contributed by atoms with Gasteiger partial charge >= 0.3 is 0 Å². The predicted molar refractivity (Wildman–Crippen MR) is 106 cm³/mol. The molecule has 2 amide bonds. The number of piperazine rings is 1. The van der Waals surface area contributed by atoms with Gasteiger partial charge in [0.15, 0.2) is 11.5 Å². The van der Waals surface area contributed by atoms with Gasteiger partial charge < -0.3 is 19.3 Å². The highest BCUT2D eigenvalue weighted by atomic mass is 16.5. The van der Waals surface area contributed by atoms with Crippen molar-refractivity contribution >= 4 is 17.9 Å². The lowest BCUT2D eigenvalue weighted by atomic mass is 10.1. The van der Waals surface area contributed by atoms with E-state index < -0.39 is 0 Å². The average molecular weight is 374 g/mol. The molecule has 1 aliphatic heterocycles. The Hall–Kier alpha value is -2.50. The van der Waals surface area contributed by atoms with Gasteiger partial charge in [0, 0.05) is 38.2 Å². The van der Waals surface area contributed by atoms with Crippen LogP contribution in [0.4, 0.5) is 0 Å². The first kappa shape index (κ1) is 20.8. The number of carbonyl (C=O) groups is 2. The molecule has 0 aromatic heterocycles. The van der Waals surface area contributed by atoms with Crippen molar-refractivity contribution in [1.82, 2.24) is 9.80 Å². The fraction of sp³-hybridized carbons (Fsp3) is 0.524. The Balaban J connectivity index is 1.96. The van der Waals surface area contributed by atoms with E-state index >= 15 is 0 Å². The van der Waals surface area contributed by atoms with Crippen molar-refractivity contribution in [2.24, 2.45) is 5.92 Å². The summed E-state index contributed by atoms with van der Waals surface area (Å²) >= 11 is 0. The highest BCUT2D eigenvalue weighted by Crippen LogP contribution is 2.29. The fourth-order valence-electron chi connectivity index (χ4n) is 2.92. The Morgan fingerprint density at radius 3 is 2.19 bits per heavy atom. The molecule has 1 fully saturated rings. The molecule has 1 saturated heterocycles. The van der Waals surface area contributed by atoms with Gasteiger partial charge in [0.1, 0.15) is 0 Å². The Morgan fingerprint density at radius 2 is 1.63 bits per heavy atom. The second kappa shape index (κ2) is 9.44. The molecule has 1 aromatic rings. The molecule has 1 aromatic carbocycles. The molecular weight excluding hydrogens is 344 g/mol. The summed E-state index contributed by atoms with van der Waals surface area (Å²) in [7, 11) is 1.60. The smallest absolute Gasteiger partial charge is 0.246 e. The standard InChI is InChI=1S/C21H30N2O4/c1-15(2)21(25)23-12-10-22(11-13-23)20(24)9-7-17-6-8-18(27-16(3)4)19(14-17)26-5/h6-9,14-16H,10-13H2,1-5H3/b9-7+. The topological polar surface area (TPSA) is 59.1 Å². The molecule has 6 heteroatoms. The number of methoxy groups -OCH3 is 1. The molecule has 1 heterocycles. The number of nitrogens with zero attached hydrogens (tertiary/aromatic N) is 2. The third-order valence-corrected chi connectivity index (χ3v) is 4.37. The maximum absolute atomic E-state index is 12.4. The molecule has 0 N–H and O–H groups in total. The molecule has 0 saturated carbocycles. The van der Waals surface area contributed by atoms with Crippen molar-refractivity contribution in [2.45, 2.75) is 33.8 Å². The molecule has 2 rings (SSSR count). The minimum absolute atomic E-state index is 0.00947. The molecular formula is C21H30N2O4. The van der Waals surface area contributed by atoms with Gasteiger partial charge in [-0.05, 0) is 37.6 Å². The summed E-state index contributed by atoms with van der Waals surface area (Å²) < 4.78 is 11.1. The van der Waals surface area contributed by atoms with Gasteiger partial charge in [-0.1, -0.05) is 19.9 Å². The molecule has 0 atom stereocenters. The van der Waals surface area contributed by atoms with Crippen molar-refractivity contribution in [3.05, 3.63) is 29.8 Å². The quantitative estimate of drug-likeness (QED) is 0.719. The largest absolute Gasteiger partial charge is 0.493 e. The lowest BCUT2D eigenvalue weighted by molar-refractivity contribution is -0.139. The van der Waals surface area contributed by atoms with Gasteiger partial charge in [-0.2, -0.15) is 0 Å². The molecule has 0 spiro atoms. The number of rotatable bonds is 6. The van der Waals surface area contributed by atoms with Crippen LogP contribution in [0.2, 0.25) is 0 Å². The zero-order valence-corrected chi connectivity index (χ0v) is 16.9. The summed E-state index contributed by atoms with van der Waals surface area (Å²) in [5.41, 5.74) is 0.866. The molecule has 0 aliphatic carbocycles. The summed E-state index contributed by atoms with van der Waals surface area (Å²) in [5, 5.41) is 0. The highest BCUT2D eigenvalue weighted by Gasteiger charge is 2.24. The average Bonchev–Trinajstić information content (AvgIpc) is 2.65. The first-order valence-electron chi connectivity index (χ1n) is 9.42. The van der Waals surface area contributed by atoms with Gasteiger partial charge in [-0.3, -0.25) is 9.59 Å². The van der Waals surface area contributed by atoms with Crippen LogP contribution in [0.15, 0.2) is 24.3 Å². The number of hydrogen-bond acceptors (Lipinski definition) is 4. The molecule has 148 valence electrons. The van der Waals surface area contributed by atoms with Gasteiger partial charge in [-0.25, -0.2) is 0 Å². The van der Waals surface area contributed by atoms with E-state index in [9.17, 15) is 9.59 Å². The molecule has 6 nitrogen and oxygen atoms in total. The van der Waals surface area contributed by atoms with Crippen LogP contribution in [-0.2, 0) is 9.59 Å². The number of benzene rings is 1. The van der Waals surface area contributed by atoms with Crippen molar-refractivity contribution in [3.63, 3.8) is 0 Å². The Kier molecular flexibility index (Phi) is 7.28. The maximum atomic E-state index is 12.4. The van der Waals surface area contributed by atoms with Gasteiger partial charge in [-0.15, -0.1) is 0 Å². The monoisotopic (exact) mass is 374 g/mol. The number of ether oxygens (including phenoxy) is 2. The minimum Gasteiger partial charge on any atom is -0.493 e. The van der Waals surface area contributed by atoms with E-state index in [1.54, 1.807) is 24.2 Å². The van der Waals surface area contributed by atoms with E-state index in [0.717, 1.165) is 5.56 Å². The predicted octanol–water partition coefficient (Wildman–Crippen LogP) is 2.82. The van der Waals surface area contributed by atoms with Crippen molar-refractivity contribution in [2.75, 3.05) is 33.3 Å². The molecule has 0 radical (unpaired) electrons. The van der Waals surface area contributed by atoms with Crippen LogP contribution in [0.1, 0.15) is 33.3 Å². The van der Waals surface area contributed by atoms with Gasteiger partial charge in [0.2, 0.25) is 11.8 Å². The molecule has 0 bridgehead atoms. The Bertz CT molecular complexity index is 689. The second-order valence-electron chi connectivity index (χ2n) is 7.22. The van der Waals surface area contributed by atoms with Crippen LogP contribution < -0.4 is 9.47 Å². The van der Waals surface area contributed by atoms with Crippen molar-refractivity contribution in [1.29, 1.82) is 0 Å². The summed E-state index contributed by atoms with van der Waals surface area (Å²) in [4.78, 5) is 28.1. The molecule has 1 aliphatic rings. The second-order valence-corrected chi connectivity index (χ2v) is 7.22. The van der Waals surface area contributed by atoms with E-state index in [-0.39, 0.29) is 23.8 Å². The van der Waals surface area contributed by atoms with Gasteiger partial charge in [0.25, 0.3) is 0 Å². The number of hydrogen-bond donors (Lipinski definition) is 0. The zero-order chi connectivity index (χ0) is 20.0. The number of amides is 2. The summed E-state index contributed by atoms with van der Waals surface area (Å²) in [6.07, 6.45) is 3.40. The zero-order valence-electron chi connectivity index (χ0n) is 16.9. The first-order valence-corrected chi connectivity index (χ1v) is 9.42. The minimum atomic E-state index is -0.0480. The van der Waals surface area contributed by atoms with Crippen LogP contribution in [0, 0.1) is 5.92 Å². The SMILES string of the molecule is COc1cc(/C=C/C(=O)N2CCN(C(=O)C(C)C)CC2)ccc1OC(C)C. The molecule has 0 unspecified atom stereocenters. The van der Waals surface area contributed by atoms with Crippen molar-refractivity contribution < 1.29 is 19.1 Å². The van der Waals surface area contributed by atoms with Crippen LogP contribution >= 0.6 is 0 Å². The third-order valence-electron chi connectivity index (χ3n) is 4.37. The maximum Gasteiger partial charge on any atom is 0.246 e. The number of carbonyl (C=O) groups excluding carboxylic acids is 2. The summed E-state index contributed by atoms with van der Waals surface area (Å²) in [6, 6.07) is 5.59. The summed E-state index contributed by atoms with van der Waals surface area (Å²) in [6.45, 7) is 10.0. The Morgan fingerprint density at radius 1 is 1.00 bits per heavy atom. The van der Waals surface area contributed by atoms with Crippen LogP contribution in [0.3, 0.4) is 0 Å². The molecule has 27 heavy (non-hydrogen) atoms. The van der Waals surface area contributed by atoms with Crippen LogP contribution in [0.5, 0.6) is 11.5 Å². The van der Waals surface area contributed by atoms with E-state index in [2.05, 4.69) is 0 Å². The summed E-state index contributed by atoms with van der Waals surface area (Å²) in [5.74, 6) is 1.41. The van der Waals surface area contributed by atoms with Crippen LogP contribution in [0.25, 0.3) is 6.08 Å².